The van der Waals surface area contributed by atoms with Gasteiger partial charge in [-0.1, -0.05) is 49.5 Å². The molecule has 2 N–H and O–H groups in total. The fourth-order valence-electron chi connectivity index (χ4n) is 9.24. The number of amides is 3. The van der Waals surface area contributed by atoms with E-state index in [1.807, 2.05) is 54.6 Å². The van der Waals surface area contributed by atoms with E-state index in [1.165, 1.54) is 5.19 Å². The maximum atomic E-state index is 15.3. The Bertz CT molecular complexity index is 2070. The predicted octanol–water partition coefficient (Wildman–Crippen LogP) is 6.10. The standard InChI is InChI=1S/C44H51N3O8Si/c1-28-41(56(5,6)36-20-17-34(53-3)18-21-36)39(25-40(49)46-23-7-8-32(46)27-48)55-44(28)37-24-35(54-4)19-22-38(37)47(43(44)51)26-29-9-13-31(14-10-29)45-42(50)30-11-15-33(52-2)16-12-30/h9-22,24,28,32,39,41,48H,7-8,23,25-27H2,1-6H3,(H,45,50)/t28-,32-,39+,41-,44+/m0/s1. The van der Waals surface area contributed by atoms with Gasteiger partial charge in [-0.2, -0.15) is 0 Å². The van der Waals surface area contributed by atoms with Gasteiger partial charge in [0.2, 0.25) is 5.91 Å². The van der Waals surface area contributed by atoms with Crippen molar-refractivity contribution < 1.29 is 38.4 Å². The lowest BCUT2D eigenvalue weighted by atomic mass is 9.82. The van der Waals surface area contributed by atoms with E-state index in [2.05, 4.69) is 37.5 Å². The number of fused-ring (bicyclic) bond motifs is 2. The molecule has 0 radical (unpaired) electrons. The Labute approximate surface area is 329 Å². The summed E-state index contributed by atoms with van der Waals surface area (Å²) in [6.45, 7) is 7.47. The lowest BCUT2D eigenvalue weighted by molar-refractivity contribution is -0.150. The quantitative estimate of drug-likeness (QED) is 0.165. The molecule has 3 heterocycles. The summed E-state index contributed by atoms with van der Waals surface area (Å²) in [6.07, 6.45) is 1.16. The molecule has 56 heavy (non-hydrogen) atoms. The molecule has 3 amide bonds. The Morgan fingerprint density at radius 3 is 2.14 bits per heavy atom. The Morgan fingerprint density at radius 1 is 0.893 bits per heavy atom. The van der Waals surface area contributed by atoms with Gasteiger partial charge in [-0.25, -0.2) is 0 Å². The summed E-state index contributed by atoms with van der Waals surface area (Å²) in [5, 5.41) is 14.2. The third-order valence-electron chi connectivity index (χ3n) is 12.2. The van der Waals surface area contributed by atoms with Crippen molar-refractivity contribution in [2.45, 2.75) is 69.1 Å². The third kappa shape index (κ3) is 6.94. The number of methoxy groups -OCH3 is 3. The number of hydrogen-bond donors (Lipinski definition) is 2. The molecule has 7 rings (SSSR count). The molecule has 2 fully saturated rings. The van der Waals surface area contributed by atoms with Gasteiger partial charge in [0.25, 0.3) is 11.8 Å². The number of aliphatic hydroxyl groups is 1. The number of benzene rings is 4. The summed E-state index contributed by atoms with van der Waals surface area (Å²) in [7, 11) is 2.34. The molecule has 0 unspecified atom stereocenters. The smallest absolute Gasteiger partial charge is 0.264 e. The van der Waals surface area contributed by atoms with E-state index in [0.29, 0.717) is 29.3 Å². The summed E-state index contributed by atoms with van der Waals surface area (Å²) in [6, 6.07) is 28.0. The summed E-state index contributed by atoms with van der Waals surface area (Å²) in [4.78, 5) is 45.9. The first-order valence-electron chi connectivity index (χ1n) is 19.2. The lowest BCUT2D eigenvalue weighted by Gasteiger charge is -2.37. The van der Waals surface area contributed by atoms with Crippen molar-refractivity contribution in [3.63, 3.8) is 0 Å². The van der Waals surface area contributed by atoms with Crippen LogP contribution in [0.5, 0.6) is 17.2 Å². The van der Waals surface area contributed by atoms with Crippen LogP contribution in [0.25, 0.3) is 0 Å². The van der Waals surface area contributed by atoms with Crippen molar-refractivity contribution in [3.05, 3.63) is 108 Å². The maximum Gasteiger partial charge on any atom is 0.264 e. The van der Waals surface area contributed by atoms with E-state index in [9.17, 15) is 14.7 Å². The topological polar surface area (TPSA) is 127 Å². The molecule has 3 aliphatic rings. The SMILES string of the molecule is COc1ccc(C(=O)Nc2ccc(CN3C(=O)[C@]4(O[C@H](CC(=O)N5CCC[C@H]5CO)[C@@H]([Si](C)(C)c5ccc(OC)cc5)[C@@H]4C)c4cc(OC)ccc43)cc2)cc1. The number of carbonyl (C=O) groups excluding carboxylic acids is 3. The van der Waals surface area contributed by atoms with Gasteiger partial charge in [-0.15, -0.1) is 0 Å². The lowest BCUT2D eigenvalue weighted by Crippen LogP contribution is -2.52. The van der Waals surface area contributed by atoms with Gasteiger partial charge >= 0.3 is 0 Å². The highest BCUT2D eigenvalue weighted by Crippen LogP contribution is 2.60. The number of likely N-dealkylation sites (tertiary alicyclic amines) is 1. The highest BCUT2D eigenvalue weighted by molar-refractivity contribution is 6.91. The van der Waals surface area contributed by atoms with Crippen LogP contribution in [0.15, 0.2) is 91.0 Å². The fraction of sp³-hybridized carbons (Fsp3) is 0.386. The Hall–Kier alpha value is -5.17. The van der Waals surface area contributed by atoms with Crippen LogP contribution in [0.4, 0.5) is 11.4 Å². The minimum absolute atomic E-state index is 0.0623. The second kappa shape index (κ2) is 15.8. The molecule has 1 spiro atoms. The molecule has 2 saturated heterocycles. The zero-order valence-corrected chi connectivity index (χ0v) is 33.9. The Balaban J connectivity index is 1.22. The molecule has 4 aromatic rings. The van der Waals surface area contributed by atoms with Gasteiger partial charge in [0.15, 0.2) is 5.60 Å². The molecule has 0 saturated carbocycles. The summed E-state index contributed by atoms with van der Waals surface area (Å²) in [5.74, 6) is 1.24. The van der Waals surface area contributed by atoms with Crippen LogP contribution in [0, 0.1) is 5.92 Å². The van der Waals surface area contributed by atoms with Crippen molar-refractivity contribution in [3.8, 4) is 17.2 Å². The minimum Gasteiger partial charge on any atom is -0.497 e. The normalized spacial score (nSPS) is 23.0. The molecule has 3 aliphatic heterocycles. The number of nitrogens with zero attached hydrogens (tertiary/aromatic N) is 2. The largest absolute Gasteiger partial charge is 0.497 e. The molecule has 12 heteroatoms. The second-order valence-corrected chi connectivity index (χ2v) is 20.3. The molecule has 0 bridgehead atoms. The van der Waals surface area contributed by atoms with Crippen LogP contribution in [-0.4, -0.2) is 82.4 Å². The van der Waals surface area contributed by atoms with E-state index in [0.717, 1.165) is 35.4 Å². The van der Waals surface area contributed by atoms with E-state index in [-0.39, 0.29) is 54.8 Å². The van der Waals surface area contributed by atoms with Crippen LogP contribution in [0.2, 0.25) is 18.6 Å². The van der Waals surface area contributed by atoms with Crippen molar-refractivity contribution >= 4 is 42.4 Å². The summed E-state index contributed by atoms with van der Waals surface area (Å²) < 4.78 is 23.6. The first-order chi connectivity index (χ1) is 26.9. The van der Waals surface area contributed by atoms with Gasteiger partial charge in [-0.3, -0.25) is 14.4 Å². The number of aliphatic hydroxyl groups excluding tert-OH is 1. The monoisotopic (exact) mass is 777 g/mol. The zero-order chi connectivity index (χ0) is 39.8. The first kappa shape index (κ1) is 39.1. The van der Waals surface area contributed by atoms with Gasteiger partial charge in [0, 0.05) is 29.3 Å². The van der Waals surface area contributed by atoms with Crippen molar-refractivity contribution in [1.29, 1.82) is 0 Å². The number of hydrogen-bond acceptors (Lipinski definition) is 8. The fourth-order valence-corrected chi connectivity index (χ4v) is 13.3. The van der Waals surface area contributed by atoms with Crippen LogP contribution in [0.1, 0.15) is 47.7 Å². The predicted molar refractivity (Wildman–Crippen MR) is 218 cm³/mol. The van der Waals surface area contributed by atoms with Gasteiger partial charge < -0.3 is 39.2 Å². The average Bonchev–Trinajstić information content (AvgIpc) is 3.88. The molecule has 294 valence electrons. The highest BCUT2D eigenvalue weighted by atomic mass is 28.3. The molecule has 11 nitrogen and oxygen atoms in total. The summed E-state index contributed by atoms with van der Waals surface area (Å²) >= 11 is 0. The van der Waals surface area contributed by atoms with E-state index in [4.69, 9.17) is 18.9 Å². The van der Waals surface area contributed by atoms with Crippen molar-refractivity contribution in [1.82, 2.24) is 4.90 Å². The molecule has 0 aliphatic carbocycles. The van der Waals surface area contributed by atoms with Crippen LogP contribution in [-0.2, 0) is 26.5 Å². The first-order valence-corrected chi connectivity index (χ1v) is 22.3. The number of rotatable bonds is 12. The van der Waals surface area contributed by atoms with Crippen LogP contribution < -0.4 is 29.6 Å². The van der Waals surface area contributed by atoms with Gasteiger partial charge in [0.1, 0.15) is 17.2 Å². The Kier molecular flexibility index (Phi) is 11.0. The third-order valence-corrected chi connectivity index (χ3v) is 16.6. The molecular formula is C44H51N3O8Si. The summed E-state index contributed by atoms with van der Waals surface area (Å²) in [5.41, 5.74) is 1.95. The molecule has 0 aromatic heterocycles. The number of nitrogens with one attached hydrogen (secondary N) is 1. The minimum atomic E-state index is -2.50. The number of anilines is 2. The molecule has 5 atom stereocenters. The van der Waals surface area contributed by atoms with Crippen LogP contribution in [0.3, 0.4) is 0 Å². The average molecular weight is 778 g/mol. The van der Waals surface area contributed by atoms with E-state index < -0.39 is 19.8 Å². The van der Waals surface area contributed by atoms with Gasteiger partial charge in [0.05, 0.1) is 66.8 Å². The van der Waals surface area contributed by atoms with Crippen LogP contribution >= 0.6 is 0 Å². The van der Waals surface area contributed by atoms with Crippen molar-refractivity contribution in [2.24, 2.45) is 5.92 Å². The molecular weight excluding hydrogens is 727 g/mol. The highest BCUT2D eigenvalue weighted by Gasteiger charge is 2.66. The number of ether oxygens (including phenoxy) is 4. The maximum absolute atomic E-state index is 15.3. The second-order valence-electron chi connectivity index (χ2n) is 15.6. The van der Waals surface area contributed by atoms with Gasteiger partial charge in [-0.05, 0) is 90.7 Å². The van der Waals surface area contributed by atoms with Crippen molar-refractivity contribution in [2.75, 3.05) is 44.7 Å². The molecule has 4 aromatic carbocycles. The van der Waals surface area contributed by atoms with E-state index >= 15 is 4.79 Å². The van der Waals surface area contributed by atoms with E-state index in [1.54, 1.807) is 55.4 Å². The Morgan fingerprint density at radius 2 is 1.52 bits per heavy atom. The number of carbonyl (C=O) groups is 3. The zero-order valence-electron chi connectivity index (χ0n) is 32.9.